The van der Waals surface area contributed by atoms with Crippen molar-refractivity contribution < 1.29 is 22.4 Å². The van der Waals surface area contributed by atoms with Gasteiger partial charge in [0.2, 0.25) is 5.76 Å². The Hall–Kier alpha value is -3.91. The summed E-state index contributed by atoms with van der Waals surface area (Å²) >= 11 is 0. The minimum absolute atomic E-state index is 0.101. The number of hydrazone groups is 1. The van der Waals surface area contributed by atoms with Crippen molar-refractivity contribution in [3.8, 4) is 5.75 Å². The van der Waals surface area contributed by atoms with E-state index in [-0.39, 0.29) is 10.7 Å². The van der Waals surface area contributed by atoms with Gasteiger partial charge in [-0.3, -0.25) is 0 Å². The third kappa shape index (κ3) is 4.39. The maximum Gasteiger partial charge on any atom is 0.379 e. The molecule has 3 aromatic carbocycles. The second-order valence-electron chi connectivity index (χ2n) is 6.30. The Bertz CT molecular complexity index is 1310. The predicted octanol–water partition coefficient (Wildman–Crippen LogP) is 3.96. The molecule has 0 bridgehead atoms. The molecule has 0 saturated heterocycles. The first-order chi connectivity index (χ1) is 14.5. The van der Waals surface area contributed by atoms with Crippen molar-refractivity contribution in [3.63, 3.8) is 0 Å². The standard InChI is InChI=1S/C22H16N2O5S/c25-22(21-6-3-13-28-21)29-19-10-7-16(8-11-19)15-23-24-30(26,27)20-12-9-17-4-1-2-5-18(17)14-20/h1-15,24H/b23-15-. The van der Waals surface area contributed by atoms with Gasteiger partial charge in [0.05, 0.1) is 17.4 Å². The number of carbonyl (C=O) groups excluding carboxylic acids is 1. The van der Waals surface area contributed by atoms with Crippen LogP contribution in [0.2, 0.25) is 0 Å². The summed E-state index contributed by atoms with van der Waals surface area (Å²) < 4.78 is 35.1. The van der Waals surface area contributed by atoms with E-state index in [9.17, 15) is 13.2 Å². The molecule has 0 aliphatic rings. The average molecular weight is 420 g/mol. The maximum absolute atomic E-state index is 12.5. The van der Waals surface area contributed by atoms with Crippen LogP contribution in [0.4, 0.5) is 0 Å². The summed E-state index contributed by atoms with van der Waals surface area (Å²) in [5.41, 5.74) is 0.619. The number of hydrogen-bond acceptors (Lipinski definition) is 6. The summed E-state index contributed by atoms with van der Waals surface area (Å²) in [6, 6.07) is 21.9. The van der Waals surface area contributed by atoms with Crippen LogP contribution in [0.5, 0.6) is 5.75 Å². The van der Waals surface area contributed by atoms with Crippen LogP contribution in [0.15, 0.2) is 99.5 Å². The van der Waals surface area contributed by atoms with E-state index in [0.29, 0.717) is 11.3 Å². The summed E-state index contributed by atoms with van der Waals surface area (Å²) in [6.45, 7) is 0. The monoisotopic (exact) mass is 420 g/mol. The number of sulfonamides is 1. The fourth-order valence-electron chi connectivity index (χ4n) is 2.73. The van der Waals surface area contributed by atoms with E-state index < -0.39 is 16.0 Å². The average Bonchev–Trinajstić information content (AvgIpc) is 3.30. The van der Waals surface area contributed by atoms with Crippen molar-refractivity contribution in [1.29, 1.82) is 0 Å². The molecular weight excluding hydrogens is 404 g/mol. The summed E-state index contributed by atoms with van der Waals surface area (Å²) in [4.78, 5) is 14.2. The third-order valence-electron chi connectivity index (χ3n) is 4.23. The second kappa shape index (κ2) is 8.22. The van der Waals surface area contributed by atoms with Crippen molar-refractivity contribution in [2.24, 2.45) is 5.10 Å². The van der Waals surface area contributed by atoms with Gasteiger partial charge in [0.15, 0.2) is 0 Å². The number of ether oxygens (including phenoxy) is 1. The van der Waals surface area contributed by atoms with E-state index in [2.05, 4.69) is 9.93 Å². The van der Waals surface area contributed by atoms with Gasteiger partial charge in [0, 0.05) is 0 Å². The zero-order valence-electron chi connectivity index (χ0n) is 15.6. The first-order valence-electron chi connectivity index (χ1n) is 8.91. The SMILES string of the molecule is O=C(Oc1ccc(/C=N\NS(=O)(=O)c2ccc3ccccc3c2)cc1)c1ccco1. The Kier molecular flexibility index (Phi) is 5.32. The van der Waals surface area contributed by atoms with E-state index in [4.69, 9.17) is 9.15 Å². The highest BCUT2D eigenvalue weighted by atomic mass is 32.2. The largest absolute Gasteiger partial charge is 0.457 e. The van der Waals surface area contributed by atoms with Crippen LogP contribution >= 0.6 is 0 Å². The molecule has 0 aliphatic carbocycles. The normalized spacial score (nSPS) is 11.6. The zero-order chi connectivity index (χ0) is 21.0. The lowest BCUT2D eigenvalue weighted by Crippen LogP contribution is -2.18. The maximum atomic E-state index is 12.5. The van der Waals surface area contributed by atoms with E-state index in [1.165, 1.54) is 24.6 Å². The number of carbonyl (C=O) groups is 1. The fourth-order valence-corrected chi connectivity index (χ4v) is 3.56. The molecule has 1 N–H and O–H groups in total. The number of furan rings is 1. The van der Waals surface area contributed by atoms with Gasteiger partial charge in [-0.1, -0.05) is 30.3 Å². The minimum Gasteiger partial charge on any atom is -0.457 e. The van der Waals surface area contributed by atoms with Crippen LogP contribution in [0.1, 0.15) is 16.1 Å². The lowest BCUT2D eigenvalue weighted by molar-refractivity contribution is 0.0701. The smallest absolute Gasteiger partial charge is 0.379 e. The Balaban J connectivity index is 1.41. The molecule has 0 atom stereocenters. The van der Waals surface area contributed by atoms with E-state index in [1.54, 1.807) is 42.5 Å². The summed E-state index contributed by atoms with van der Waals surface area (Å²) in [5, 5.41) is 5.59. The van der Waals surface area contributed by atoms with Crippen molar-refractivity contribution >= 4 is 33.0 Å². The Morgan fingerprint density at radius 1 is 0.933 bits per heavy atom. The van der Waals surface area contributed by atoms with Crippen molar-refractivity contribution in [2.45, 2.75) is 4.90 Å². The number of nitrogens with zero attached hydrogens (tertiary/aromatic N) is 1. The van der Waals surface area contributed by atoms with E-state index in [0.717, 1.165) is 10.8 Å². The highest BCUT2D eigenvalue weighted by Gasteiger charge is 2.13. The van der Waals surface area contributed by atoms with Crippen molar-refractivity contribution in [3.05, 3.63) is 96.4 Å². The highest BCUT2D eigenvalue weighted by Crippen LogP contribution is 2.19. The molecule has 0 fully saturated rings. The fraction of sp³-hybridized carbons (Fsp3) is 0. The van der Waals surface area contributed by atoms with Gasteiger partial charge in [0.1, 0.15) is 5.75 Å². The van der Waals surface area contributed by atoms with Crippen LogP contribution in [-0.4, -0.2) is 20.6 Å². The summed E-state index contributed by atoms with van der Waals surface area (Å²) in [6.07, 6.45) is 2.74. The molecule has 0 saturated carbocycles. The molecule has 150 valence electrons. The number of fused-ring (bicyclic) bond motifs is 1. The first kappa shape index (κ1) is 19.4. The minimum atomic E-state index is -3.80. The van der Waals surface area contributed by atoms with Gasteiger partial charge in [0.25, 0.3) is 10.0 Å². The number of esters is 1. The molecule has 0 radical (unpaired) electrons. The molecule has 0 unspecified atom stereocenters. The number of nitrogens with one attached hydrogen (secondary N) is 1. The molecule has 30 heavy (non-hydrogen) atoms. The van der Waals surface area contributed by atoms with Crippen LogP contribution in [0.3, 0.4) is 0 Å². The molecule has 4 aromatic rings. The predicted molar refractivity (Wildman–Crippen MR) is 112 cm³/mol. The van der Waals surface area contributed by atoms with E-state index >= 15 is 0 Å². The van der Waals surface area contributed by atoms with E-state index in [1.807, 2.05) is 24.3 Å². The van der Waals surface area contributed by atoms with Gasteiger partial charge in [-0.15, -0.1) is 0 Å². The quantitative estimate of drug-likeness (QED) is 0.220. The van der Waals surface area contributed by atoms with Crippen LogP contribution in [0, 0.1) is 0 Å². The van der Waals surface area contributed by atoms with Crippen LogP contribution < -0.4 is 9.57 Å². The van der Waals surface area contributed by atoms with Gasteiger partial charge >= 0.3 is 5.97 Å². The van der Waals surface area contributed by atoms with Crippen LogP contribution in [0.25, 0.3) is 10.8 Å². The Morgan fingerprint density at radius 2 is 1.70 bits per heavy atom. The first-order valence-corrected chi connectivity index (χ1v) is 10.4. The topological polar surface area (TPSA) is 98.0 Å². The molecule has 7 nitrogen and oxygen atoms in total. The number of benzene rings is 3. The molecule has 8 heteroatoms. The molecule has 4 rings (SSSR count). The van der Waals surface area contributed by atoms with Gasteiger partial charge in [-0.05, 0) is 64.9 Å². The number of rotatable bonds is 6. The van der Waals surface area contributed by atoms with Gasteiger partial charge in [-0.2, -0.15) is 13.5 Å². The molecule has 1 aromatic heterocycles. The summed E-state index contributed by atoms with van der Waals surface area (Å²) in [5.74, 6) is -0.182. The molecule has 0 aliphatic heterocycles. The molecule has 0 spiro atoms. The second-order valence-corrected chi connectivity index (χ2v) is 7.96. The highest BCUT2D eigenvalue weighted by molar-refractivity contribution is 7.89. The molecular formula is C22H16N2O5S. The van der Waals surface area contributed by atoms with Gasteiger partial charge in [-0.25, -0.2) is 9.63 Å². The van der Waals surface area contributed by atoms with Crippen LogP contribution in [-0.2, 0) is 10.0 Å². The summed E-state index contributed by atoms with van der Waals surface area (Å²) in [7, 11) is -3.80. The Morgan fingerprint density at radius 3 is 2.43 bits per heavy atom. The lowest BCUT2D eigenvalue weighted by Gasteiger charge is -2.05. The lowest BCUT2D eigenvalue weighted by atomic mass is 10.1. The van der Waals surface area contributed by atoms with Crippen molar-refractivity contribution in [1.82, 2.24) is 4.83 Å². The van der Waals surface area contributed by atoms with Gasteiger partial charge < -0.3 is 9.15 Å². The zero-order valence-corrected chi connectivity index (χ0v) is 16.4. The third-order valence-corrected chi connectivity index (χ3v) is 5.45. The Labute approximate surface area is 172 Å². The van der Waals surface area contributed by atoms with Crippen molar-refractivity contribution in [2.75, 3.05) is 0 Å². The molecule has 0 amide bonds. The molecule has 1 heterocycles. The number of hydrogen-bond donors (Lipinski definition) is 1.